The lowest BCUT2D eigenvalue weighted by molar-refractivity contribution is 0.0773. The third-order valence-corrected chi connectivity index (χ3v) is 4.45. The van der Waals surface area contributed by atoms with Gasteiger partial charge in [0.2, 0.25) is 0 Å². The summed E-state index contributed by atoms with van der Waals surface area (Å²) in [4.78, 5) is 2.34. The Hall–Kier alpha value is -1.00. The van der Waals surface area contributed by atoms with Crippen LogP contribution in [0.15, 0.2) is 18.2 Å². The van der Waals surface area contributed by atoms with E-state index in [0.29, 0.717) is 36.0 Å². The van der Waals surface area contributed by atoms with Crippen molar-refractivity contribution in [3.63, 3.8) is 0 Å². The molecular weight excluding hydrogens is 270 g/mol. The summed E-state index contributed by atoms with van der Waals surface area (Å²) in [5.41, 5.74) is 0.575. The van der Waals surface area contributed by atoms with E-state index < -0.39 is 11.6 Å². The van der Waals surface area contributed by atoms with Crippen molar-refractivity contribution in [2.45, 2.75) is 46.3 Å². The Bertz CT molecular complexity index is 474. The van der Waals surface area contributed by atoms with Gasteiger partial charge in [-0.25, -0.2) is 8.78 Å². The summed E-state index contributed by atoms with van der Waals surface area (Å²) in [6.07, 6.45) is 0. The first-order valence-electron chi connectivity index (χ1n) is 7.79. The highest BCUT2D eigenvalue weighted by Gasteiger charge is 2.31. The van der Waals surface area contributed by atoms with Crippen LogP contribution in [0.2, 0.25) is 0 Å². The number of rotatable bonds is 4. The predicted octanol–water partition coefficient (Wildman–Crippen LogP) is 3.42. The zero-order chi connectivity index (χ0) is 15.6. The highest BCUT2D eigenvalue weighted by molar-refractivity contribution is 5.18. The van der Waals surface area contributed by atoms with Gasteiger partial charge in [0.05, 0.1) is 0 Å². The summed E-state index contributed by atoms with van der Waals surface area (Å²) >= 11 is 0. The van der Waals surface area contributed by atoms with Crippen LogP contribution >= 0.6 is 0 Å². The van der Waals surface area contributed by atoms with Gasteiger partial charge in [-0.2, -0.15) is 0 Å². The molecule has 0 amide bonds. The molecule has 1 aromatic carbocycles. The molecule has 1 fully saturated rings. The van der Waals surface area contributed by atoms with Gasteiger partial charge in [-0.05, 0) is 17.9 Å². The van der Waals surface area contributed by atoms with Crippen LogP contribution < -0.4 is 5.32 Å². The van der Waals surface area contributed by atoms with Gasteiger partial charge in [0, 0.05) is 43.3 Å². The van der Waals surface area contributed by atoms with E-state index in [9.17, 15) is 8.78 Å². The van der Waals surface area contributed by atoms with Crippen LogP contribution in [0.1, 0.15) is 33.3 Å². The molecule has 1 aliphatic heterocycles. The zero-order valence-corrected chi connectivity index (χ0v) is 13.4. The Labute approximate surface area is 126 Å². The molecular formula is C17H26F2N2. The third kappa shape index (κ3) is 4.01. The maximum atomic E-state index is 13.9. The quantitative estimate of drug-likeness (QED) is 0.916. The van der Waals surface area contributed by atoms with Crippen molar-refractivity contribution in [1.82, 2.24) is 10.2 Å². The largest absolute Gasteiger partial charge is 0.311 e. The van der Waals surface area contributed by atoms with Gasteiger partial charge in [0.25, 0.3) is 0 Å². The Kier molecular flexibility index (Phi) is 5.33. The van der Waals surface area contributed by atoms with Crippen molar-refractivity contribution >= 4 is 0 Å². The smallest absolute Gasteiger partial charge is 0.130 e. The van der Waals surface area contributed by atoms with Crippen LogP contribution in [0.3, 0.4) is 0 Å². The summed E-state index contributed by atoms with van der Waals surface area (Å²) in [6.45, 7) is 11.1. The minimum Gasteiger partial charge on any atom is -0.311 e. The lowest BCUT2D eigenvalue weighted by Crippen LogP contribution is -2.59. The molecule has 0 aromatic heterocycles. The molecule has 1 aliphatic rings. The van der Waals surface area contributed by atoms with Gasteiger partial charge in [0.1, 0.15) is 11.6 Å². The topological polar surface area (TPSA) is 15.3 Å². The van der Waals surface area contributed by atoms with Gasteiger partial charge < -0.3 is 5.32 Å². The SMILES string of the molecule is CC(C)C1CN(Cc2ccc(F)cc2F)C(C(C)C)CN1. The molecule has 1 saturated heterocycles. The summed E-state index contributed by atoms with van der Waals surface area (Å²) in [5.74, 6) is 0.0713. The summed E-state index contributed by atoms with van der Waals surface area (Å²) in [5, 5.41) is 3.59. The maximum absolute atomic E-state index is 13.9. The molecule has 1 aromatic rings. The highest BCUT2D eigenvalue weighted by atomic mass is 19.1. The van der Waals surface area contributed by atoms with Crippen LogP contribution in [-0.2, 0) is 6.54 Å². The van der Waals surface area contributed by atoms with E-state index in [4.69, 9.17) is 0 Å². The molecule has 0 bridgehead atoms. The second-order valence-corrected chi connectivity index (χ2v) is 6.74. The van der Waals surface area contributed by atoms with E-state index in [1.807, 2.05) is 0 Å². The van der Waals surface area contributed by atoms with Crippen molar-refractivity contribution in [3.05, 3.63) is 35.4 Å². The van der Waals surface area contributed by atoms with Crippen LogP contribution in [-0.4, -0.2) is 30.1 Å². The van der Waals surface area contributed by atoms with Crippen LogP contribution in [0, 0.1) is 23.5 Å². The average molecular weight is 296 g/mol. The van der Waals surface area contributed by atoms with Crippen LogP contribution in [0.25, 0.3) is 0 Å². The fourth-order valence-electron chi connectivity index (χ4n) is 3.01. The van der Waals surface area contributed by atoms with Crippen molar-refractivity contribution < 1.29 is 8.78 Å². The minimum atomic E-state index is -0.517. The Morgan fingerprint density at radius 2 is 1.90 bits per heavy atom. The molecule has 4 heteroatoms. The summed E-state index contributed by atoms with van der Waals surface area (Å²) < 4.78 is 26.9. The zero-order valence-electron chi connectivity index (χ0n) is 13.4. The highest BCUT2D eigenvalue weighted by Crippen LogP contribution is 2.22. The number of hydrogen-bond acceptors (Lipinski definition) is 2. The Morgan fingerprint density at radius 3 is 2.48 bits per heavy atom. The van der Waals surface area contributed by atoms with Gasteiger partial charge in [0.15, 0.2) is 0 Å². The van der Waals surface area contributed by atoms with Crippen molar-refractivity contribution in [2.24, 2.45) is 11.8 Å². The Morgan fingerprint density at radius 1 is 1.19 bits per heavy atom. The molecule has 0 spiro atoms. The lowest BCUT2D eigenvalue weighted by atomic mass is 9.93. The first kappa shape index (κ1) is 16.4. The van der Waals surface area contributed by atoms with E-state index in [1.54, 1.807) is 6.07 Å². The first-order valence-corrected chi connectivity index (χ1v) is 7.79. The van der Waals surface area contributed by atoms with E-state index in [-0.39, 0.29) is 0 Å². The van der Waals surface area contributed by atoms with Crippen LogP contribution in [0.5, 0.6) is 0 Å². The van der Waals surface area contributed by atoms with Crippen molar-refractivity contribution in [2.75, 3.05) is 13.1 Å². The van der Waals surface area contributed by atoms with Crippen LogP contribution in [0.4, 0.5) is 8.78 Å². The second kappa shape index (κ2) is 6.84. The third-order valence-electron chi connectivity index (χ3n) is 4.45. The summed E-state index contributed by atoms with van der Waals surface area (Å²) in [7, 11) is 0. The normalized spacial score (nSPS) is 24.0. The fourth-order valence-corrected chi connectivity index (χ4v) is 3.01. The van der Waals surface area contributed by atoms with Gasteiger partial charge in [-0.15, -0.1) is 0 Å². The second-order valence-electron chi connectivity index (χ2n) is 6.74. The molecule has 2 rings (SSSR count). The van der Waals surface area contributed by atoms with Crippen molar-refractivity contribution in [1.29, 1.82) is 0 Å². The molecule has 21 heavy (non-hydrogen) atoms. The van der Waals surface area contributed by atoms with E-state index in [0.717, 1.165) is 19.2 Å². The standard InChI is InChI=1S/C17H26F2N2/c1-11(2)16-10-21(17(8-20-16)12(3)4)9-13-5-6-14(18)7-15(13)19/h5-7,11-12,16-17,20H,8-10H2,1-4H3. The predicted molar refractivity (Wildman–Crippen MR) is 82.0 cm³/mol. The van der Waals surface area contributed by atoms with E-state index in [1.165, 1.54) is 6.07 Å². The number of hydrogen-bond donors (Lipinski definition) is 1. The van der Waals surface area contributed by atoms with Gasteiger partial charge >= 0.3 is 0 Å². The molecule has 2 unspecified atom stereocenters. The molecule has 2 atom stereocenters. The fraction of sp³-hybridized carbons (Fsp3) is 0.647. The number of nitrogens with one attached hydrogen (secondary N) is 1. The van der Waals surface area contributed by atoms with Gasteiger partial charge in [-0.3, -0.25) is 4.90 Å². The summed E-state index contributed by atoms with van der Waals surface area (Å²) in [6, 6.07) is 4.68. The van der Waals surface area contributed by atoms with E-state index >= 15 is 0 Å². The molecule has 0 aliphatic carbocycles. The van der Waals surface area contributed by atoms with E-state index in [2.05, 4.69) is 37.9 Å². The molecule has 0 radical (unpaired) electrons. The minimum absolute atomic E-state index is 0.379. The number of nitrogens with zero attached hydrogens (tertiary/aromatic N) is 1. The molecule has 118 valence electrons. The lowest BCUT2D eigenvalue weighted by Gasteiger charge is -2.43. The molecule has 1 heterocycles. The monoisotopic (exact) mass is 296 g/mol. The Balaban J connectivity index is 2.15. The first-order chi connectivity index (χ1) is 9.88. The van der Waals surface area contributed by atoms with Crippen molar-refractivity contribution in [3.8, 4) is 0 Å². The average Bonchev–Trinajstić information content (AvgIpc) is 2.41. The molecule has 2 nitrogen and oxygen atoms in total. The maximum Gasteiger partial charge on any atom is 0.130 e. The number of halogens is 2. The number of benzene rings is 1. The van der Waals surface area contributed by atoms with Gasteiger partial charge in [-0.1, -0.05) is 33.8 Å². The number of piperazine rings is 1. The molecule has 1 N–H and O–H groups in total. The molecule has 0 saturated carbocycles.